The summed E-state index contributed by atoms with van der Waals surface area (Å²) in [7, 11) is -3.53. The van der Waals surface area contributed by atoms with Gasteiger partial charge in [0.1, 0.15) is 5.82 Å². The molecule has 0 saturated heterocycles. The van der Waals surface area contributed by atoms with Gasteiger partial charge in [-0.1, -0.05) is 6.92 Å². The van der Waals surface area contributed by atoms with E-state index < -0.39 is 10.0 Å². The Morgan fingerprint density at radius 3 is 2.90 bits per heavy atom. The quantitative estimate of drug-likeness (QED) is 0.679. The van der Waals surface area contributed by atoms with Crippen LogP contribution in [-0.4, -0.2) is 36.5 Å². The van der Waals surface area contributed by atoms with Crippen LogP contribution in [0.4, 0.5) is 5.82 Å². The maximum Gasteiger partial charge on any atom is 0.240 e. The Hall–Kier alpha value is -1.93. The van der Waals surface area contributed by atoms with Gasteiger partial charge in [0.25, 0.3) is 0 Å². The number of sulfonamides is 1. The highest BCUT2D eigenvalue weighted by molar-refractivity contribution is 7.89. The lowest BCUT2D eigenvalue weighted by Gasteiger charge is -2.08. The van der Waals surface area contributed by atoms with Crippen LogP contribution in [0.15, 0.2) is 35.7 Å². The Morgan fingerprint density at radius 1 is 1.33 bits per heavy atom. The molecule has 2 heterocycles. The van der Waals surface area contributed by atoms with Gasteiger partial charge < -0.3 is 10.3 Å². The summed E-state index contributed by atoms with van der Waals surface area (Å²) in [4.78, 5) is 11.1. The fraction of sp³-hybridized carbons (Fsp3) is 0.385. The van der Waals surface area contributed by atoms with Gasteiger partial charge in [0.2, 0.25) is 10.0 Å². The molecule has 8 heteroatoms. The van der Waals surface area contributed by atoms with Crippen molar-refractivity contribution in [3.63, 3.8) is 0 Å². The van der Waals surface area contributed by atoms with E-state index in [0.717, 1.165) is 18.7 Å². The van der Waals surface area contributed by atoms with Crippen LogP contribution in [-0.2, 0) is 16.4 Å². The Kier molecular flexibility index (Phi) is 5.29. The van der Waals surface area contributed by atoms with Gasteiger partial charge in [0.05, 0.1) is 11.2 Å². The van der Waals surface area contributed by atoms with Crippen molar-refractivity contribution in [3.05, 3.63) is 36.5 Å². The van der Waals surface area contributed by atoms with Gasteiger partial charge in [-0.05, 0) is 12.5 Å². The van der Waals surface area contributed by atoms with Gasteiger partial charge in [-0.25, -0.2) is 23.1 Å². The van der Waals surface area contributed by atoms with E-state index in [1.807, 2.05) is 6.92 Å². The molecule has 0 radical (unpaired) electrons. The molecule has 0 aliphatic carbocycles. The Bertz CT molecular complexity index is 655. The van der Waals surface area contributed by atoms with Crippen molar-refractivity contribution in [3.8, 4) is 0 Å². The zero-order valence-corrected chi connectivity index (χ0v) is 12.7. The van der Waals surface area contributed by atoms with Crippen LogP contribution in [0, 0.1) is 0 Å². The van der Waals surface area contributed by atoms with Gasteiger partial charge in [-0.3, -0.25) is 0 Å². The molecular weight excluding hydrogens is 290 g/mol. The summed E-state index contributed by atoms with van der Waals surface area (Å²) in [6, 6.07) is 3.02. The summed E-state index contributed by atoms with van der Waals surface area (Å²) in [6.07, 6.45) is 6.24. The minimum atomic E-state index is -3.53. The minimum Gasteiger partial charge on any atom is -0.370 e. The molecule has 0 aliphatic heterocycles. The van der Waals surface area contributed by atoms with Gasteiger partial charge in [-0.2, -0.15) is 0 Å². The minimum absolute atomic E-state index is 0.209. The molecule has 114 valence electrons. The molecule has 0 amide bonds. The number of anilines is 1. The van der Waals surface area contributed by atoms with Crippen molar-refractivity contribution in [1.82, 2.24) is 19.7 Å². The molecule has 2 aromatic heterocycles. The highest BCUT2D eigenvalue weighted by Crippen LogP contribution is 2.12. The average molecular weight is 309 g/mol. The summed E-state index contributed by atoms with van der Waals surface area (Å²) in [5.74, 6) is 0.563. The highest BCUT2D eigenvalue weighted by atomic mass is 32.2. The summed E-state index contributed by atoms with van der Waals surface area (Å²) in [5.41, 5.74) is 0.887. The lowest BCUT2D eigenvalue weighted by Crippen LogP contribution is -2.26. The van der Waals surface area contributed by atoms with E-state index in [9.17, 15) is 8.42 Å². The molecule has 0 aliphatic rings. The van der Waals surface area contributed by atoms with E-state index in [1.165, 1.54) is 18.3 Å². The number of rotatable bonds is 8. The maximum absolute atomic E-state index is 12.2. The van der Waals surface area contributed by atoms with Crippen LogP contribution < -0.4 is 10.0 Å². The van der Waals surface area contributed by atoms with E-state index in [2.05, 4.69) is 25.0 Å². The normalized spacial score (nSPS) is 11.5. The predicted octanol–water partition coefficient (Wildman–Crippen LogP) is 1.15. The number of nitrogens with one attached hydrogen (secondary N) is 3. The molecule has 2 rings (SSSR count). The summed E-state index contributed by atoms with van der Waals surface area (Å²) < 4.78 is 27.0. The molecule has 0 fully saturated rings. The number of pyridine rings is 1. The monoisotopic (exact) mass is 309 g/mol. The topological polar surface area (TPSA) is 99.8 Å². The standard InChI is InChI=1S/C13H19N5O2S/c1-2-5-15-13-8-12(4-6-16-13)21(19,20)18-7-3-11-9-14-10-17-11/h4,6,8-10,18H,2-3,5,7H2,1H3,(H,14,17)(H,15,16). The zero-order chi connectivity index (χ0) is 15.1. The molecular formula is C13H19N5O2S. The largest absolute Gasteiger partial charge is 0.370 e. The average Bonchev–Trinajstić information content (AvgIpc) is 2.98. The predicted molar refractivity (Wildman–Crippen MR) is 80.5 cm³/mol. The van der Waals surface area contributed by atoms with Crippen LogP contribution in [0.2, 0.25) is 0 Å². The third kappa shape index (κ3) is 4.54. The second-order valence-electron chi connectivity index (χ2n) is 4.53. The second-order valence-corrected chi connectivity index (χ2v) is 6.30. The molecule has 7 nitrogen and oxygen atoms in total. The first-order chi connectivity index (χ1) is 10.1. The first kappa shape index (κ1) is 15.5. The smallest absolute Gasteiger partial charge is 0.240 e. The van der Waals surface area contributed by atoms with Crippen molar-refractivity contribution in [2.45, 2.75) is 24.7 Å². The second kappa shape index (κ2) is 7.19. The molecule has 3 N–H and O–H groups in total. The highest BCUT2D eigenvalue weighted by Gasteiger charge is 2.14. The van der Waals surface area contributed by atoms with Gasteiger partial charge in [-0.15, -0.1) is 0 Å². The first-order valence-electron chi connectivity index (χ1n) is 6.78. The van der Waals surface area contributed by atoms with E-state index in [0.29, 0.717) is 18.8 Å². The van der Waals surface area contributed by atoms with Crippen LogP contribution in [0.1, 0.15) is 19.0 Å². The fourth-order valence-electron chi connectivity index (χ4n) is 1.75. The molecule has 0 spiro atoms. The van der Waals surface area contributed by atoms with E-state index >= 15 is 0 Å². The van der Waals surface area contributed by atoms with Crippen molar-refractivity contribution in [2.75, 3.05) is 18.4 Å². The van der Waals surface area contributed by atoms with E-state index in [4.69, 9.17) is 0 Å². The first-order valence-corrected chi connectivity index (χ1v) is 8.27. The van der Waals surface area contributed by atoms with Gasteiger partial charge >= 0.3 is 0 Å². The Morgan fingerprint density at radius 2 is 2.19 bits per heavy atom. The lowest BCUT2D eigenvalue weighted by atomic mass is 10.3. The molecule has 0 aromatic carbocycles. The Balaban J connectivity index is 1.98. The Labute approximate surface area is 124 Å². The lowest BCUT2D eigenvalue weighted by molar-refractivity contribution is 0.581. The molecule has 2 aromatic rings. The number of aromatic nitrogens is 3. The van der Waals surface area contributed by atoms with Gasteiger partial charge in [0.15, 0.2) is 0 Å². The van der Waals surface area contributed by atoms with Crippen LogP contribution in [0.25, 0.3) is 0 Å². The molecule has 0 bridgehead atoms. The van der Waals surface area contributed by atoms with Crippen LogP contribution >= 0.6 is 0 Å². The zero-order valence-electron chi connectivity index (χ0n) is 11.8. The molecule has 0 atom stereocenters. The van der Waals surface area contributed by atoms with E-state index in [1.54, 1.807) is 12.5 Å². The van der Waals surface area contributed by atoms with Crippen molar-refractivity contribution in [1.29, 1.82) is 0 Å². The SMILES string of the molecule is CCCNc1cc(S(=O)(=O)NCCc2cnc[nH]2)ccn1. The van der Waals surface area contributed by atoms with Crippen molar-refractivity contribution in [2.24, 2.45) is 0 Å². The van der Waals surface area contributed by atoms with Crippen molar-refractivity contribution >= 4 is 15.8 Å². The van der Waals surface area contributed by atoms with Crippen LogP contribution in [0.5, 0.6) is 0 Å². The number of hydrogen-bond acceptors (Lipinski definition) is 5. The third-order valence-electron chi connectivity index (χ3n) is 2.84. The summed E-state index contributed by atoms with van der Waals surface area (Å²) in [6.45, 7) is 3.10. The number of H-pyrrole nitrogens is 1. The molecule has 0 saturated carbocycles. The third-order valence-corrected chi connectivity index (χ3v) is 4.30. The molecule has 0 unspecified atom stereocenters. The van der Waals surface area contributed by atoms with Crippen molar-refractivity contribution < 1.29 is 8.42 Å². The number of hydrogen-bond donors (Lipinski definition) is 3. The van der Waals surface area contributed by atoms with Crippen LogP contribution in [0.3, 0.4) is 0 Å². The number of imidazole rings is 1. The molecule has 21 heavy (non-hydrogen) atoms. The number of nitrogens with zero attached hydrogens (tertiary/aromatic N) is 2. The fourth-order valence-corrected chi connectivity index (χ4v) is 2.80. The maximum atomic E-state index is 12.2. The number of aromatic amines is 1. The van der Waals surface area contributed by atoms with Gasteiger partial charge in [0, 0.05) is 43.7 Å². The summed E-state index contributed by atoms with van der Waals surface area (Å²) in [5, 5.41) is 3.07. The summed E-state index contributed by atoms with van der Waals surface area (Å²) >= 11 is 0. The van der Waals surface area contributed by atoms with E-state index in [-0.39, 0.29) is 4.90 Å².